The molecule has 0 fully saturated rings. The van der Waals surface area contributed by atoms with Gasteiger partial charge in [0.05, 0.1) is 11.8 Å². The van der Waals surface area contributed by atoms with Gasteiger partial charge in [0.2, 0.25) is 0 Å². The molecule has 209 valence electrons. The van der Waals surface area contributed by atoms with E-state index in [0.717, 1.165) is 28.6 Å². The molecule has 40 heavy (non-hydrogen) atoms. The minimum absolute atomic E-state index is 0. The smallest absolute Gasteiger partial charge is 0.334 e. The molecule has 0 unspecified atom stereocenters. The second-order valence-electron chi connectivity index (χ2n) is 7.85. The van der Waals surface area contributed by atoms with Gasteiger partial charge in [-0.3, -0.25) is 0 Å². The third-order valence-electron chi connectivity index (χ3n) is 4.54. The van der Waals surface area contributed by atoms with Crippen LogP contribution in [0.5, 0.6) is 0 Å². The van der Waals surface area contributed by atoms with Crippen molar-refractivity contribution < 1.29 is 44.3 Å². The van der Waals surface area contributed by atoms with Gasteiger partial charge in [-0.25, -0.2) is 9.59 Å². The number of aliphatic hydroxyl groups excluding tert-OH is 1. The second kappa shape index (κ2) is 19.6. The fourth-order valence-electron chi connectivity index (χ4n) is 2.76. The summed E-state index contributed by atoms with van der Waals surface area (Å²) in [5.41, 5.74) is 4.31. The Bertz CT molecular complexity index is 1160. The Balaban J connectivity index is 0.000000298. The van der Waals surface area contributed by atoms with E-state index in [4.69, 9.17) is 5.11 Å². The molecule has 0 amide bonds. The summed E-state index contributed by atoms with van der Waals surface area (Å²) in [6.07, 6.45) is 4.51. The van der Waals surface area contributed by atoms with Crippen LogP contribution in [0.15, 0.2) is 121 Å². The van der Waals surface area contributed by atoms with Gasteiger partial charge in [0.1, 0.15) is 13.2 Å². The third kappa shape index (κ3) is 14.0. The van der Waals surface area contributed by atoms with Gasteiger partial charge in [-0.05, 0) is 37.4 Å². The van der Waals surface area contributed by atoms with Crippen LogP contribution in [-0.4, -0.2) is 40.2 Å². The number of aliphatic hydroxyl groups is 1. The molecule has 2 heterocycles. The monoisotopic (exact) mass is 715 g/mol. The van der Waals surface area contributed by atoms with Gasteiger partial charge >= 0.3 is 11.9 Å². The molecule has 0 saturated carbocycles. The molecule has 2 aromatic carbocycles. The van der Waals surface area contributed by atoms with Crippen LogP contribution >= 0.6 is 0 Å². The standard InChI is InChI=1S/2C11H8N.C10H14O5.Ir/c2*1-2-6-10(7-3-1)11-8-4-5-9-12-11;1-7(2)10(13)15-5-4-14-9(12)6-8(3)11;/h2*1-6,8-9H;6,11H,1,4-5H2,2-3H3;/q2*-1;;/b;;8-6-;. The maximum atomic E-state index is 10.9. The Morgan fingerprint density at radius 1 is 0.800 bits per heavy atom. The zero-order valence-electron chi connectivity index (χ0n) is 22.2. The molecule has 0 saturated heterocycles. The molecule has 1 radical (unpaired) electrons. The fraction of sp³-hybridized carbons (Fsp3) is 0.125. The van der Waals surface area contributed by atoms with Crippen molar-refractivity contribution >= 4 is 11.9 Å². The van der Waals surface area contributed by atoms with Gasteiger partial charge in [-0.15, -0.1) is 71.8 Å². The van der Waals surface area contributed by atoms with Gasteiger partial charge in [0.25, 0.3) is 0 Å². The minimum Gasteiger partial charge on any atom is -0.512 e. The molecule has 0 bridgehead atoms. The average Bonchev–Trinajstić information content (AvgIpc) is 2.97. The Morgan fingerprint density at radius 2 is 1.27 bits per heavy atom. The van der Waals surface area contributed by atoms with E-state index >= 15 is 0 Å². The first-order chi connectivity index (χ1) is 18.9. The van der Waals surface area contributed by atoms with Crippen LogP contribution in [0.25, 0.3) is 22.5 Å². The molecule has 2 aromatic heterocycles. The van der Waals surface area contributed by atoms with E-state index < -0.39 is 11.9 Å². The summed E-state index contributed by atoms with van der Waals surface area (Å²) in [5, 5.41) is 8.70. The van der Waals surface area contributed by atoms with Gasteiger partial charge in [-0.2, -0.15) is 0 Å². The summed E-state index contributed by atoms with van der Waals surface area (Å²) < 4.78 is 9.26. The van der Waals surface area contributed by atoms with E-state index in [1.165, 1.54) is 13.8 Å². The Kier molecular flexibility index (Phi) is 16.5. The molecule has 0 aliphatic rings. The number of carbonyl (C=O) groups excluding carboxylic acids is 2. The van der Waals surface area contributed by atoms with Crippen molar-refractivity contribution in [2.24, 2.45) is 0 Å². The van der Waals surface area contributed by atoms with Crippen LogP contribution < -0.4 is 0 Å². The van der Waals surface area contributed by atoms with Gasteiger partial charge < -0.3 is 24.5 Å². The summed E-state index contributed by atoms with van der Waals surface area (Å²) in [5.74, 6) is -1.35. The zero-order chi connectivity index (χ0) is 28.3. The minimum atomic E-state index is -0.679. The Hall–Kier alpha value is -4.39. The molecule has 0 aliphatic heterocycles. The van der Waals surface area contributed by atoms with Crippen LogP contribution in [-0.2, 0) is 39.2 Å². The predicted octanol–water partition coefficient (Wildman–Crippen LogP) is 6.21. The molecular weight excluding hydrogens is 685 g/mol. The topological polar surface area (TPSA) is 98.6 Å². The van der Waals surface area contributed by atoms with Crippen molar-refractivity contribution in [1.29, 1.82) is 0 Å². The van der Waals surface area contributed by atoms with Crippen molar-refractivity contribution in [1.82, 2.24) is 9.97 Å². The average molecular weight is 715 g/mol. The summed E-state index contributed by atoms with van der Waals surface area (Å²) in [6.45, 7) is 6.17. The molecule has 8 heteroatoms. The summed E-state index contributed by atoms with van der Waals surface area (Å²) in [6, 6.07) is 33.6. The van der Waals surface area contributed by atoms with Crippen LogP contribution in [0, 0.1) is 12.1 Å². The van der Waals surface area contributed by atoms with Gasteiger partial charge in [0, 0.05) is 38.1 Å². The van der Waals surface area contributed by atoms with Crippen molar-refractivity contribution in [3.63, 3.8) is 0 Å². The number of nitrogens with zero attached hydrogens (tertiary/aromatic N) is 2. The van der Waals surface area contributed by atoms with Crippen molar-refractivity contribution in [3.8, 4) is 22.5 Å². The van der Waals surface area contributed by atoms with E-state index in [2.05, 4.69) is 38.2 Å². The normalized spacial score (nSPS) is 9.80. The summed E-state index contributed by atoms with van der Waals surface area (Å²) >= 11 is 0. The quantitative estimate of drug-likeness (QED) is 0.0800. The molecule has 0 atom stereocenters. The molecule has 7 nitrogen and oxygen atoms in total. The van der Waals surface area contributed by atoms with Crippen molar-refractivity contribution in [3.05, 3.63) is 133 Å². The van der Waals surface area contributed by atoms with Crippen molar-refractivity contribution in [2.75, 3.05) is 13.2 Å². The first kappa shape index (κ1) is 33.6. The van der Waals surface area contributed by atoms with Crippen molar-refractivity contribution in [2.45, 2.75) is 13.8 Å². The number of carbonyl (C=O) groups is 2. The number of aromatic nitrogens is 2. The number of benzene rings is 2. The summed E-state index contributed by atoms with van der Waals surface area (Å²) in [7, 11) is 0. The first-order valence-corrected chi connectivity index (χ1v) is 12.0. The maximum absolute atomic E-state index is 10.9. The van der Waals surface area contributed by atoms with Crippen LogP contribution in [0.4, 0.5) is 0 Å². The SMILES string of the molecule is C=C(C)C(=O)OCCOC(=O)/C=C(/C)O.[Ir].[c-]1ccccc1-c1ccccn1.[c-]1ccccc1-c1ccccn1. The fourth-order valence-corrected chi connectivity index (χ4v) is 2.76. The van der Waals surface area contributed by atoms with E-state index in [0.29, 0.717) is 0 Å². The molecule has 4 aromatic rings. The van der Waals surface area contributed by atoms with Crippen LogP contribution in [0.3, 0.4) is 0 Å². The number of allylic oxidation sites excluding steroid dienone is 1. The molecule has 0 aliphatic carbocycles. The molecular formula is C32H30IrN2O5-2. The molecule has 0 spiro atoms. The Labute approximate surface area is 248 Å². The van der Waals surface area contributed by atoms with Gasteiger partial charge in [0.15, 0.2) is 0 Å². The van der Waals surface area contributed by atoms with Crippen LogP contribution in [0.2, 0.25) is 0 Å². The maximum Gasteiger partial charge on any atom is 0.334 e. The number of hydrogen-bond donors (Lipinski definition) is 1. The number of ether oxygens (including phenoxy) is 2. The van der Waals surface area contributed by atoms with E-state index in [1.54, 1.807) is 12.4 Å². The summed E-state index contributed by atoms with van der Waals surface area (Å²) in [4.78, 5) is 30.1. The number of hydrogen-bond acceptors (Lipinski definition) is 7. The number of pyridine rings is 2. The molecule has 1 N–H and O–H groups in total. The van der Waals surface area contributed by atoms with Crippen LogP contribution in [0.1, 0.15) is 13.8 Å². The third-order valence-corrected chi connectivity index (χ3v) is 4.54. The largest absolute Gasteiger partial charge is 0.512 e. The van der Waals surface area contributed by atoms with Gasteiger partial charge in [-0.1, -0.05) is 30.8 Å². The Morgan fingerprint density at radius 3 is 1.65 bits per heavy atom. The number of esters is 2. The van der Waals surface area contributed by atoms with E-state index in [-0.39, 0.29) is 44.7 Å². The zero-order valence-corrected chi connectivity index (χ0v) is 24.6. The first-order valence-electron chi connectivity index (χ1n) is 12.0. The molecule has 4 rings (SSSR count). The van der Waals surface area contributed by atoms with E-state index in [9.17, 15) is 9.59 Å². The number of rotatable bonds is 7. The predicted molar refractivity (Wildman–Crippen MR) is 150 cm³/mol. The van der Waals surface area contributed by atoms with E-state index in [1.807, 2.05) is 84.9 Å². The second-order valence-corrected chi connectivity index (χ2v) is 7.85.